The number of carbonyl (C=O) groups excluding carboxylic acids is 1. The van der Waals surface area contributed by atoms with Gasteiger partial charge < -0.3 is 4.57 Å². The third-order valence-corrected chi connectivity index (χ3v) is 8.23. The third-order valence-electron chi connectivity index (χ3n) is 5.99. The lowest BCUT2D eigenvalue weighted by Gasteiger charge is -2.25. The Morgan fingerprint density at radius 1 is 0.947 bits per heavy atom. The van der Waals surface area contributed by atoms with Crippen LogP contribution in [0.2, 0.25) is 10.0 Å². The molecule has 1 N–H and O–H groups in total. The topological polar surface area (TPSA) is 83.8 Å². The molecule has 0 saturated carbocycles. The third kappa shape index (κ3) is 5.93. The van der Waals surface area contributed by atoms with Gasteiger partial charge in [-0.25, -0.2) is 13.8 Å². The van der Waals surface area contributed by atoms with E-state index >= 15 is 0 Å². The predicted octanol–water partition coefficient (Wildman–Crippen LogP) is 6.05. The molecule has 1 heterocycles. The second kappa shape index (κ2) is 11.4. The van der Waals surface area contributed by atoms with Crippen molar-refractivity contribution in [2.24, 2.45) is 5.10 Å². The Bertz CT molecular complexity index is 1620. The van der Waals surface area contributed by atoms with E-state index in [9.17, 15) is 13.2 Å². The largest absolute Gasteiger partial charge is 0.318 e. The standard InChI is InChI=1S/C28H26Cl2N4O3S/c1-19-12-13-24(30)16-27(19)33(38(36,37)26-10-5-4-6-11-26)18-28(35)32-31-17-22-14-20(2)34(21(22)3)25-9-7-8-23(29)15-25/h4-17H,18H2,1-3H3,(H,32,35)/b31-17+. The lowest BCUT2D eigenvalue weighted by Crippen LogP contribution is -2.40. The smallest absolute Gasteiger partial charge is 0.264 e. The number of hydrogen-bond donors (Lipinski definition) is 1. The number of rotatable bonds is 8. The molecule has 0 radical (unpaired) electrons. The van der Waals surface area contributed by atoms with Crippen molar-refractivity contribution in [2.75, 3.05) is 10.8 Å². The highest BCUT2D eigenvalue weighted by molar-refractivity contribution is 7.92. The summed E-state index contributed by atoms with van der Waals surface area (Å²) in [6.45, 7) is 5.17. The summed E-state index contributed by atoms with van der Waals surface area (Å²) < 4.78 is 30.1. The first-order valence-electron chi connectivity index (χ1n) is 11.7. The summed E-state index contributed by atoms with van der Waals surface area (Å²) in [5.41, 5.74) is 7.00. The van der Waals surface area contributed by atoms with E-state index in [1.54, 1.807) is 37.3 Å². The Labute approximate surface area is 232 Å². The minimum Gasteiger partial charge on any atom is -0.318 e. The fourth-order valence-electron chi connectivity index (χ4n) is 4.14. The van der Waals surface area contributed by atoms with Gasteiger partial charge >= 0.3 is 0 Å². The van der Waals surface area contributed by atoms with Crippen LogP contribution >= 0.6 is 23.2 Å². The van der Waals surface area contributed by atoms with Crippen molar-refractivity contribution in [3.8, 4) is 5.69 Å². The van der Waals surface area contributed by atoms with Crippen LogP contribution in [0.4, 0.5) is 5.69 Å². The predicted molar refractivity (Wildman–Crippen MR) is 153 cm³/mol. The molecule has 1 amide bonds. The molecule has 0 fully saturated rings. The molecule has 0 aliphatic rings. The Balaban J connectivity index is 1.58. The first-order chi connectivity index (χ1) is 18.1. The summed E-state index contributed by atoms with van der Waals surface area (Å²) in [7, 11) is -4.06. The molecule has 0 saturated heterocycles. The maximum absolute atomic E-state index is 13.5. The van der Waals surface area contributed by atoms with Crippen molar-refractivity contribution >= 4 is 51.0 Å². The van der Waals surface area contributed by atoms with E-state index in [0.29, 0.717) is 21.3 Å². The maximum Gasteiger partial charge on any atom is 0.264 e. The van der Waals surface area contributed by atoms with E-state index in [2.05, 4.69) is 10.5 Å². The molecule has 0 bridgehead atoms. The van der Waals surface area contributed by atoms with Crippen molar-refractivity contribution in [1.82, 2.24) is 9.99 Å². The van der Waals surface area contributed by atoms with Crippen LogP contribution < -0.4 is 9.73 Å². The maximum atomic E-state index is 13.5. The lowest BCUT2D eigenvalue weighted by molar-refractivity contribution is -0.119. The number of nitrogens with one attached hydrogen (secondary N) is 1. The summed E-state index contributed by atoms with van der Waals surface area (Å²) in [5, 5.41) is 5.08. The molecule has 7 nitrogen and oxygen atoms in total. The number of nitrogens with zero attached hydrogens (tertiary/aromatic N) is 3. The summed E-state index contributed by atoms with van der Waals surface area (Å²) in [5.74, 6) is -0.608. The van der Waals surface area contributed by atoms with Gasteiger partial charge in [-0.1, -0.05) is 53.5 Å². The summed E-state index contributed by atoms with van der Waals surface area (Å²) in [4.78, 5) is 13.0. The zero-order valence-electron chi connectivity index (χ0n) is 21.0. The average molecular weight is 570 g/mol. The van der Waals surface area contributed by atoms with Crippen LogP contribution in [-0.4, -0.2) is 31.7 Å². The molecule has 3 aromatic carbocycles. The number of halogens is 2. The summed E-state index contributed by atoms with van der Waals surface area (Å²) in [6.07, 6.45) is 1.53. The number of benzene rings is 3. The van der Waals surface area contributed by atoms with Crippen LogP contribution in [0.3, 0.4) is 0 Å². The van der Waals surface area contributed by atoms with E-state index in [1.807, 2.05) is 48.7 Å². The quantitative estimate of drug-likeness (QED) is 0.207. The molecule has 10 heteroatoms. The first-order valence-corrected chi connectivity index (χ1v) is 13.9. The van der Waals surface area contributed by atoms with Gasteiger partial charge in [0.15, 0.2) is 0 Å². The van der Waals surface area contributed by atoms with Crippen LogP contribution in [-0.2, 0) is 14.8 Å². The molecular weight excluding hydrogens is 543 g/mol. The molecule has 1 aromatic heterocycles. The Morgan fingerprint density at radius 2 is 1.66 bits per heavy atom. The van der Waals surface area contributed by atoms with Crippen molar-refractivity contribution in [2.45, 2.75) is 25.7 Å². The number of carbonyl (C=O) groups is 1. The van der Waals surface area contributed by atoms with E-state index in [1.165, 1.54) is 24.4 Å². The van der Waals surface area contributed by atoms with E-state index in [4.69, 9.17) is 23.2 Å². The molecule has 4 rings (SSSR count). The number of anilines is 1. The second-order valence-electron chi connectivity index (χ2n) is 8.69. The van der Waals surface area contributed by atoms with Crippen molar-refractivity contribution in [3.63, 3.8) is 0 Å². The van der Waals surface area contributed by atoms with E-state index in [0.717, 1.165) is 26.9 Å². The SMILES string of the molecule is Cc1ccc(Cl)cc1N(CC(=O)N/N=C/c1cc(C)n(-c2cccc(Cl)c2)c1C)S(=O)(=O)c1ccccc1. The molecule has 0 unspecified atom stereocenters. The number of hydrogen-bond acceptors (Lipinski definition) is 4. The van der Waals surface area contributed by atoms with Crippen LogP contribution in [0.25, 0.3) is 5.69 Å². The zero-order chi connectivity index (χ0) is 27.4. The monoisotopic (exact) mass is 568 g/mol. The number of hydrazone groups is 1. The molecule has 0 spiro atoms. The summed E-state index contributed by atoms with van der Waals surface area (Å²) in [6, 6.07) is 22.3. The highest BCUT2D eigenvalue weighted by Gasteiger charge is 2.28. The van der Waals surface area contributed by atoms with Gasteiger partial charge in [0.25, 0.3) is 15.9 Å². The van der Waals surface area contributed by atoms with Crippen LogP contribution in [0.5, 0.6) is 0 Å². The molecule has 0 aliphatic heterocycles. The van der Waals surface area contributed by atoms with Gasteiger partial charge in [-0.05, 0) is 74.9 Å². The Morgan fingerprint density at radius 3 is 2.37 bits per heavy atom. The number of sulfonamides is 1. The molecule has 0 aliphatic carbocycles. The van der Waals surface area contributed by atoms with Crippen molar-refractivity contribution in [3.05, 3.63) is 111 Å². The van der Waals surface area contributed by atoms with Crippen LogP contribution in [0.1, 0.15) is 22.5 Å². The second-order valence-corrected chi connectivity index (χ2v) is 11.4. The van der Waals surface area contributed by atoms with Gasteiger partial charge in [-0.2, -0.15) is 5.10 Å². The first kappa shape index (κ1) is 27.4. The molecular formula is C28H26Cl2N4O3S. The summed E-state index contributed by atoms with van der Waals surface area (Å²) >= 11 is 12.3. The zero-order valence-corrected chi connectivity index (χ0v) is 23.3. The molecule has 4 aromatic rings. The van der Waals surface area contributed by atoms with Gasteiger partial charge in [0, 0.05) is 32.7 Å². The Hall–Kier alpha value is -3.59. The number of amides is 1. The van der Waals surface area contributed by atoms with Crippen LogP contribution in [0.15, 0.2) is 88.9 Å². The molecule has 196 valence electrons. The van der Waals surface area contributed by atoms with Gasteiger partial charge in [-0.3, -0.25) is 9.10 Å². The fraction of sp³-hybridized carbons (Fsp3) is 0.143. The van der Waals surface area contributed by atoms with Crippen molar-refractivity contribution < 1.29 is 13.2 Å². The molecule has 0 atom stereocenters. The van der Waals surface area contributed by atoms with Gasteiger partial charge in [0.05, 0.1) is 16.8 Å². The normalized spacial score (nSPS) is 11.6. The number of aryl methyl sites for hydroxylation is 2. The minimum atomic E-state index is -4.06. The number of aromatic nitrogens is 1. The highest BCUT2D eigenvalue weighted by atomic mass is 35.5. The minimum absolute atomic E-state index is 0.0594. The van der Waals surface area contributed by atoms with Crippen molar-refractivity contribution in [1.29, 1.82) is 0 Å². The highest BCUT2D eigenvalue weighted by Crippen LogP contribution is 2.29. The average Bonchev–Trinajstić information content (AvgIpc) is 3.17. The van der Waals surface area contributed by atoms with Gasteiger partial charge in [-0.15, -0.1) is 0 Å². The van der Waals surface area contributed by atoms with Gasteiger partial charge in [0.1, 0.15) is 6.54 Å². The lowest BCUT2D eigenvalue weighted by atomic mass is 10.2. The van der Waals surface area contributed by atoms with E-state index < -0.39 is 22.5 Å². The fourth-order valence-corrected chi connectivity index (χ4v) is 5.99. The molecule has 38 heavy (non-hydrogen) atoms. The Kier molecular flexibility index (Phi) is 8.26. The van der Waals surface area contributed by atoms with Gasteiger partial charge in [0.2, 0.25) is 0 Å². The van der Waals surface area contributed by atoms with E-state index in [-0.39, 0.29) is 4.90 Å². The van der Waals surface area contributed by atoms with Crippen LogP contribution in [0, 0.1) is 20.8 Å².